The van der Waals surface area contributed by atoms with Crippen LogP contribution in [0.3, 0.4) is 0 Å². The van der Waals surface area contributed by atoms with Gasteiger partial charge in [0.25, 0.3) is 0 Å². The molecule has 37 heavy (non-hydrogen) atoms. The largest absolute Gasteiger partial charge is 0.256 e. The van der Waals surface area contributed by atoms with Crippen molar-refractivity contribution in [1.29, 1.82) is 0 Å². The number of benzene rings is 4. The highest BCUT2D eigenvalue weighted by atomic mass is 28.3. The molecule has 3 heteroatoms. The van der Waals surface area contributed by atoms with Crippen LogP contribution in [-0.2, 0) is 0 Å². The van der Waals surface area contributed by atoms with Crippen molar-refractivity contribution in [3.05, 3.63) is 146 Å². The van der Waals surface area contributed by atoms with Crippen molar-refractivity contribution in [2.45, 2.75) is 0 Å². The quantitative estimate of drug-likeness (QED) is 0.320. The second kappa shape index (κ2) is 8.81. The van der Waals surface area contributed by atoms with Crippen LogP contribution in [0.2, 0.25) is 0 Å². The summed E-state index contributed by atoms with van der Waals surface area (Å²) < 4.78 is 0. The second-order valence-corrected chi connectivity index (χ2v) is 13.0. The van der Waals surface area contributed by atoms with Crippen molar-refractivity contribution in [3.8, 4) is 33.6 Å². The molecule has 4 aromatic carbocycles. The zero-order chi connectivity index (χ0) is 24.7. The second-order valence-electron chi connectivity index (χ2n) is 9.39. The minimum absolute atomic E-state index is 0.992. The lowest BCUT2D eigenvalue weighted by Gasteiger charge is -2.29. The number of hydrogen-bond donors (Lipinski definition) is 0. The van der Waals surface area contributed by atoms with E-state index >= 15 is 0 Å². The first-order valence-corrected chi connectivity index (χ1v) is 14.6. The van der Waals surface area contributed by atoms with Gasteiger partial charge in [0.15, 0.2) is 0 Å². The Morgan fingerprint density at radius 1 is 0.351 bits per heavy atom. The van der Waals surface area contributed by atoms with E-state index in [0.29, 0.717) is 0 Å². The lowest BCUT2D eigenvalue weighted by Crippen LogP contribution is -2.74. The van der Waals surface area contributed by atoms with Crippen LogP contribution in [0.1, 0.15) is 0 Å². The van der Waals surface area contributed by atoms with E-state index < -0.39 is 8.07 Å². The maximum atomic E-state index is 5.40. The van der Waals surface area contributed by atoms with Gasteiger partial charge in [-0.25, -0.2) is 0 Å². The van der Waals surface area contributed by atoms with Gasteiger partial charge in [-0.15, -0.1) is 0 Å². The molecule has 0 spiro atoms. The van der Waals surface area contributed by atoms with E-state index in [-0.39, 0.29) is 0 Å². The van der Waals surface area contributed by atoms with E-state index in [1.165, 1.54) is 21.5 Å². The molecule has 2 nitrogen and oxygen atoms in total. The lowest BCUT2D eigenvalue weighted by atomic mass is 10.1. The smallest absolute Gasteiger partial charge is 0.224 e. The summed E-state index contributed by atoms with van der Waals surface area (Å²) in [6.07, 6.45) is 0. The van der Waals surface area contributed by atoms with Gasteiger partial charge in [-0.2, -0.15) is 0 Å². The lowest BCUT2D eigenvalue weighted by molar-refractivity contribution is 1.34. The molecule has 1 aliphatic rings. The maximum Gasteiger partial charge on any atom is 0.224 e. The Morgan fingerprint density at radius 3 is 1.22 bits per heavy atom. The molecule has 6 aromatic rings. The van der Waals surface area contributed by atoms with Crippen LogP contribution in [0.25, 0.3) is 33.6 Å². The monoisotopic (exact) mass is 488 g/mol. The highest BCUT2D eigenvalue weighted by Gasteiger charge is 2.51. The molecule has 0 aliphatic carbocycles. The molecule has 0 N–H and O–H groups in total. The van der Waals surface area contributed by atoms with Crippen molar-refractivity contribution >= 4 is 29.1 Å². The van der Waals surface area contributed by atoms with Crippen molar-refractivity contribution in [2.24, 2.45) is 0 Å². The molecule has 3 heterocycles. The van der Waals surface area contributed by atoms with Crippen molar-refractivity contribution in [2.75, 3.05) is 0 Å². The van der Waals surface area contributed by atoms with Gasteiger partial charge >= 0.3 is 0 Å². The molecule has 0 saturated carbocycles. The van der Waals surface area contributed by atoms with Gasteiger partial charge in [0.05, 0.1) is 11.4 Å². The predicted molar refractivity (Wildman–Crippen MR) is 156 cm³/mol. The SMILES string of the molecule is c1ccc(-c2cccc([Si]3(c4cccc(-c5ccccc5)n4)c4ccccc4-c4ccccc43)n2)cc1. The summed E-state index contributed by atoms with van der Waals surface area (Å²) in [4.78, 5) is 10.8. The predicted octanol–water partition coefficient (Wildman–Crippen LogP) is 5.17. The first kappa shape index (κ1) is 21.7. The maximum absolute atomic E-state index is 5.40. The Balaban J connectivity index is 1.56. The molecule has 1 aliphatic heterocycles. The first-order chi connectivity index (χ1) is 18.4. The highest BCUT2D eigenvalue weighted by Crippen LogP contribution is 2.28. The Kier molecular flexibility index (Phi) is 5.16. The molecule has 2 aromatic heterocycles. The fourth-order valence-electron chi connectivity index (χ4n) is 5.74. The number of fused-ring (bicyclic) bond motifs is 3. The zero-order valence-corrected chi connectivity index (χ0v) is 21.3. The van der Waals surface area contributed by atoms with E-state index in [2.05, 4.69) is 133 Å². The molecule has 0 fully saturated rings. The number of hydrogen-bond acceptors (Lipinski definition) is 2. The van der Waals surface area contributed by atoms with Crippen LogP contribution in [0.15, 0.2) is 146 Å². The van der Waals surface area contributed by atoms with Gasteiger partial charge in [-0.3, -0.25) is 9.97 Å². The van der Waals surface area contributed by atoms with E-state index in [4.69, 9.17) is 9.97 Å². The molecular weight excluding hydrogens is 464 g/mol. The number of pyridine rings is 2. The molecule has 7 rings (SSSR count). The summed E-state index contributed by atoms with van der Waals surface area (Å²) in [7, 11) is -2.78. The Bertz CT molecular complexity index is 1600. The molecule has 0 radical (unpaired) electrons. The average Bonchev–Trinajstić information content (AvgIpc) is 3.30. The molecule has 174 valence electrons. The molecule has 0 atom stereocenters. The Morgan fingerprint density at radius 2 is 0.757 bits per heavy atom. The summed E-state index contributed by atoms with van der Waals surface area (Å²) in [5.74, 6) is 0. The van der Waals surface area contributed by atoms with Gasteiger partial charge in [0.2, 0.25) is 8.07 Å². The molecule has 0 saturated heterocycles. The average molecular weight is 489 g/mol. The zero-order valence-electron chi connectivity index (χ0n) is 20.3. The van der Waals surface area contributed by atoms with Crippen LogP contribution in [0.5, 0.6) is 0 Å². The van der Waals surface area contributed by atoms with E-state index in [1.54, 1.807) is 0 Å². The van der Waals surface area contributed by atoms with Gasteiger partial charge in [-0.1, -0.05) is 121 Å². The number of rotatable bonds is 4. The van der Waals surface area contributed by atoms with E-state index in [9.17, 15) is 0 Å². The fraction of sp³-hybridized carbons (Fsp3) is 0. The van der Waals surface area contributed by atoms with Crippen LogP contribution in [0, 0.1) is 0 Å². The van der Waals surface area contributed by atoms with Crippen LogP contribution in [-0.4, -0.2) is 18.0 Å². The standard InChI is InChI=1S/C34H24N2Si/c1-3-13-25(14-4-1)29-19-11-23-33(35-29)37(34-24-12-20-30(36-34)26-15-5-2-6-16-26)31-21-9-7-17-27(31)28-18-8-10-22-32(28)37/h1-24H. The van der Waals surface area contributed by atoms with Crippen LogP contribution in [0.4, 0.5) is 0 Å². The topological polar surface area (TPSA) is 25.8 Å². The third-order valence-corrected chi connectivity index (χ3v) is 11.9. The summed E-state index contributed by atoms with van der Waals surface area (Å²) in [5.41, 5.74) is 6.82. The minimum atomic E-state index is -2.78. The first-order valence-electron chi connectivity index (χ1n) is 12.6. The normalized spacial score (nSPS) is 13.1. The van der Waals surface area contributed by atoms with Gasteiger partial charge in [0, 0.05) is 21.8 Å². The van der Waals surface area contributed by atoms with Crippen LogP contribution >= 0.6 is 0 Å². The Labute approximate surface area is 218 Å². The minimum Gasteiger partial charge on any atom is -0.256 e. The van der Waals surface area contributed by atoms with Gasteiger partial charge in [0.1, 0.15) is 0 Å². The molecular formula is C34H24N2Si. The summed E-state index contributed by atoms with van der Waals surface area (Å²) in [6, 6.07) is 51.6. The summed E-state index contributed by atoms with van der Waals surface area (Å²) >= 11 is 0. The molecule has 0 unspecified atom stereocenters. The highest BCUT2D eigenvalue weighted by molar-refractivity contribution is 7.21. The fourth-order valence-corrected chi connectivity index (χ4v) is 10.6. The van der Waals surface area contributed by atoms with Gasteiger partial charge < -0.3 is 0 Å². The van der Waals surface area contributed by atoms with Crippen LogP contribution < -0.4 is 21.0 Å². The van der Waals surface area contributed by atoms with Crippen molar-refractivity contribution in [1.82, 2.24) is 9.97 Å². The third-order valence-electron chi connectivity index (χ3n) is 7.36. The summed E-state index contributed by atoms with van der Waals surface area (Å²) in [5, 5.41) is 4.94. The van der Waals surface area contributed by atoms with E-state index in [0.717, 1.165) is 33.1 Å². The number of nitrogens with zero attached hydrogens (tertiary/aromatic N) is 2. The third kappa shape index (κ3) is 3.40. The molecule has 0 amide bonds. The number of aromatic nitrogens is 2. The summed E-state index contributed by atoms with van der Waals surface area (Å²) in [6.45, 7) is 0. The Hall–Kier alpha value is -4.60. The van der Waals surface area contributed by atoms with Crippen molar-refractivity contribution < 1.29 is 0 Å². The van der Waals surface area contributed by atoms with Crippen molar-refractivity contribution in [3.63, 3.8) is 0 Å². The van der Waals surface area contributed by atoms with E-state index in [1.807, 2.05) is 12.1 Å². The molecule has 0 bridgehead atoms. The van der Waals surface area contributed by atoms with Gasteiger partial charge in [-0.05, 0) is 45.8 Å².